The summed E-state index contributed by atoms with van der Waals surface area (Å²) in [6.45, 7) is 3.76. The minimum atomic E-state index is -0.874. The predicted octanol–water partition coefficient (Wildman–Crippen LogP) is 6.80. The Morgan fingerprint density at radius 2 is 1.64 bits per heavy atom. The molecule has 1 aliphatic rings. The maximum atomic E-state index is 13.6. The Morgan fingerprint density at radius 3 is 2.31 bits per heavy atom. The van der Waals surface area contributed by atoms with Crippen molar-refractivity contribution in [3.63, 3.8) is 0 Å². The summed E-state index contributed by atoms with van der Waals surface area (Å²) in [6.07, 6.45) is 4.08. The lowest BCUT2D eigenvalue weighted by molar-refractivity contribution is -0.137. The lowest BCUT2D eigenvalue weighted by Gasteiger charge is -2.24. The summed E-state index contributed by atoms with van der Waals surface area (Å²) in [6, 6.07) is 21.4. The molecule has 1 saturated carbocycles. The van der Waals surface area contributed by atoms with Crippen LogP contribution in [0.15, 0.2) is 66.7 Å². The molecule has 4 rings (SSSR count). The molecule has 0 radical (unpaired) electrons. The van der Waals surface area contributed by atoms with E-state index in [1.54, 1.807) is 4.90 Å². The van der Waals surface area contributed by atoms with Crippen LogP contribution in [0.25, 0.3) is 11.1 Å². The number of aliphatic carboxylic acids is 1. The average molecular weight is 487 g/mol. The van der Waals surface area contributed by atoms with Crippen molar-refractivity contribution in [2.45, 2.75) is 64.9 Å². The molecule has 0 spiro atoms. The zero-order chi connectivity index (χ0) is 26.4. The third-order valence-corrected chi connectivity index (χ3v) is 6.57. The van der Waals surface area contributed by atoms with E-state index in [-0.39, 0.29) is 18.4 Å². The molecule has 1 unspecified atom stereocenters. The molecule has 1 aliphatic carbocycles. The van der Waals surface area contributed by atoms with Crippen LogP contribution in [-0.4, -0.2) is 34.5 Å². The number of para-hydroxylation sites is 1. The highest BCUT2D eigenvalue weighted by atomic mass is 16.5. The molecule has 0 saturated heterocycles. The highest BCUT2D eigenvalue weighted by Gasteiger charge is 2.33. The van der Waals surface area contributed by atoms with E-state index < -0.39 is 12.5 Å². The van der Waals surface area contributed by atoms with Gasteiger partial charge in [-0.15, -0.1) is 0 Å². The van der Waals surface area contributed by atoms with Crippen molar-refractivity contribution in [2.24, 2.45) is 0 Å². The summed E-state index contributed by atoms with van der Waals surface area (Å²) in [5, 5.41) is 8.78. The van der Waals surface area contributed by atoms with E-state index in [2.05, 4.69) is 32.0 Å². The van der Waals surface area contributed by atoms with Gasteiger partial charge in [0.2, 0.25) is 0 Å². The predicted molar refractivity (Wildman–Crippen MR) is 142 cm³/mol. The molecule has 188 valence electrons. The van der Waals surface area contributed by atoms with E-state index in [1.807, 2.05) is 48.5 Å². The van der Waals surface area contributed by atoms with Crippen LogP contribution >= 0.6 is 0 Å². The van der Waals surface area contributed by atoms with E-state index in [4.69, 9.17) is 11.2 Å². The second kappa shape index (κ2) is 11.9. The number of carboxylic acid groups (broad SMARTS) is 1. The number of carbonyl (C=O) groups excluding carboxylic acids is 1. The molecule has 36 heavy (non-hydrogen) atoms. The van der Waals surface area contributed by atoms with Gasteiger partial charge in [-0.2, -0.15) is 0 Å². The third kappa shape index (κ3) is 6.54. The summed E-state index contributed by atoms with van der Waals surface area (Å²) >= 11 is 0. The molecule has 5 heteroatoms. The second-order valence-electron chi connectivity index (χ2n) is 9.51. The lowest BCUT2D eigenvalue weighted by Crippen LogP contribution is -2.32. The van der Waals surface area contributed by atoms with Gasteiger partial charge in [-0.1, -0.05) is 48.5 Å². The molecule has 3 aromatic rings. The summed E-state index contributed by atoms with van der Waals surface area (Å²) in [7, 11) is 0. The van der Waals surface area contributed by atoms with Gasteiger partial charge in [0.25, 0.3) is 5.91 Å². The van der Waals surface area contributed by atoms with Crippen LogP contribution in [0.1, 0.15) is 66.9 Å². The number of carbonyl (C=O) groups is 2. The fourth-order valence-electron chi connectivity index (χ4n) is 4.49. The summed E-state index contributed by atoms with van der Waals surface area (Å²) in [5.41, 5.74) is 5.91. The van der Waals surface area contributed by atoms with Gasteiger partial charge in [0.1, 0.15) is 5.75 Å². The van der Waals surface area contributed by atoms with Crippen LogP contribution in [0.3, 0.4) is 0 Å². The van der Waals surface area contributed by atoms with Gasteiger partial charge in [0, 0.05) is 30.1 Å². The van der Waals surface area contributed by atoms with Crippen molar-refractivity contribution < 1.29 is 20.8 Å². The number of aryl methyl sites for hydroxylation is 2. The highest BCUT2D eigenvalue weighted by Crippen LogP contribution is 2.33. The SMILES string of the molecule is [2H]C(c1ccccc1OCCCCCC(=O)O)N(C(=O)c1ccc(-c2c(C)cccc2C)cc1)C1CC1. The standard InChI is InChI=1S/C31H35NO4/c1-22-9-8-10-23(2)30(22)24-14-16-25(17-15-24)31(35)32(27-18-19-27)21-26-11-5-6-12-28(26)36-20-7-3-4-13-29(33)34/h5-6,8-12,14-17,27H,3-4,7,13,18-21H2,1-2H3,(H,33,34)/i21D. The van der Waals surface area contributed by atoms with Gasteiger partial charge in [0.15, 0.2) is 0 Å². The Labute approximate surface area is 215 Å². The molecule has 0 aromatic heterocycles. The van der Waals surface area contributed by atoms with E-state index in [0.29, 0.717) is 29.9 Å². The molecule has 3 aromatic carbocycles. The fourth-order valence-corrected chi connectivity index (χ4v) is 4.49. The third-order valence-electron chi connectivity index (χ3n) is 6.57. The Bertz CT molecular complexity index is 1220. The maximum Gasteiger partial charge on any atom is 0.303 e. The van der Waals surface area contributed by atoms with Gasteiger partial charge in [-0.05, 0) is 86.4 Å². The number of ether oxygens (including phenoxy) is 1. The van der Waals surface area contributed by atoms with Crippen molar-refractivity contribution in [2.75, 3.05) is 6.61 Å². The highest BCUT2D eigenvalue weighted by molar-refractivity contribution is 5.95. The molecule has 1 atom stereocenters. The van der Waals surface area contributed by atoms with E-state index in [1.165, 1.54) is 16.7 Å². The first kappa shape index (κ1) is 24.1. The molecule has 5 nitrogen and oxygen atoms in total. The molecule has 1 fully saturated rings. The maximum absolute atomic E-state index is 13.6. The van der Waals surface area contributed by atoms with Gasteiger partial charge in [-0.25, -0.2) is 0 Å². The van der Waals surface area contributed by atoms with Crippen LogP contribution in [-0.2, 0) is 11.3 Å². The number of nitrogens with zero attached hydrogens (tertiary/aromatic N) is 1. The zero-order valence-electron chi connectivity index (χ0n) is 22.1. The topological polar surface area (TPSA) is 66.8 Å². The molecular formula is C31H35NO4. The number of unbranched alkanes of at least 4 members (excludes halogenated alkanes) is 2. The number of benzene rings is 3. The first-order chi connectivity index (χ1) is 17.9. The van der Waals surface area contributed by atoms with Crippen molar-refractivity contribution >= 4 is 11.9 Å². The average Bonchev–Trinajstić information content (AvgIpc) is 3.71. The van der Waals surface area contributed by atoms with Crippen molar-refractivity contribution in [1.82, 2.24) is 4.90 Å². The molecule has 1 N–H and O–H groups in total. The van der Waals surface area contributed by atoms with Gasteiger partial charge >= 0.3 is 5.97 Å². The summed E-state index contributed by atoms with van der Waals surface area (Å²) < 4.78 is 15.0. The Balaban J connectivity index is 1.48. The Hall–Kier alpha value is -3.60. The largest absolute Gasteiger partial charge is 0.493 e. The van der Waals surface area contributed by atoms with Crippen molar-refractivity contribution in [1.29, 1.82) is 0 Å². The molecule has 0 bridgehead atoms. The molecule has 1 amide bonds. The number of hydrogen-bond acceptors (Lipinski definition) is 3. The van der Waals surface area contributed by atoms with E-state index >= 15 is 0 Å². The van der Waals surface area contributed by atoms with Crippen LogP contribution in [0.5, 0.6) is 5.75 Å². The summed E-state index contributed by atoms with van der Waals surface area (Å²) in [4.78, 5) is 26.0. The van der Waals surface area contributed by atoms with Gasteiger partial charge in [0.05, 0.1) is 7.98 Å². The fraction of sp³-hybridized carbons (Fsp3) is 0.355. The quantitative estimate of drug-likeness (QED) is 0.286. The van der Waals surface area contributed by atoms with Crippen LogP contribution in [0, 0.1) is 13.8 Å². The monoisotopic (exact) mass is 486 g/mol. The zero-order valence-corrected chi connectivity index (χ0v) is 21.1. The first-order valence-corrected chi connectivity index (χ1v) is 12.7. The molecular weight excluding hydrogens is 450 g/mol. The molecule has 0 heterocycles. The van der Waals surface area contributed by atoms with Gasteiger partial charge < -0.3 is 14.7 Å². The number of amides is 1. The Kier molecular flexibility index (Phi) is 7.96. The smallest absolute Gasteiger partial charge is 0.303 e. The molecule has 0 aliphatic heterocycles. The minimum absolute atomic E-state index is 0.0531. The first-order valence-electron chi connectivity index (χ1n) is 13.3. The lowest BCUT2D eigenvalue weighted by atomic mass is 9.95. The van der Waals surface area contributed by atoms with Crippen LogP contribution < -0.4 is 4.74 Å². The van der Waals surface area contributed by atoms with E-state index in [0.717, 1.165) is 31.2 Å². The Morgan fingerprint density at radius 1 is 0.944 bits per heavy atom. The number of hydrogen-bond donors (Lipinski definition) is 1. The number of rotatable bonds is 12. The minimum Gasteiger partial charge on any atom is -0.493 e. The second-order valence-corrected chi connectivity index (χ2v) is 9.51. The van der Waals surface area contributed by atoms with Gasteiger partial charge in [-0.3, -0.25) is 9.59 Å². The van der Waals surface area contributed by atoms with Crippen molar-refractivity contribution in [3.05, 3.63) is 89.0 Å². The normalized spacial score (nSPS) is 14.1. The summed E-state index contributed by atoms with van der Waals surface area (Å²) in [5.74, 6) is -0.323. The van der Waals surface area contributed by atoms with Crippen molar-refractivity contribution in [3.8, 4) is 16.9 Å². The van der Waals surface area contributed by atoms with Crippen LogP contribution in [0.2, 0.25) is 0 Å². The van der Waals surface area contributed by atoms with Crippen LogP contribution in [0.4, 0.5) is 0 Å². The van der Waals surface area contributed by atoms with E-state index in [9.17, 15) is 9.59 Å². The number of carboxylic acids is 1.